The summed E-state index contributed by atoms with van der Waals surface area (Å²) in [5.41, 5.74) is -4.06. The zero-order valence-corrected chi connectivity index (χ0v) is 8.48. The molecule has 0 radical (unpaired) electrons. The summed E-state index contributed by atoms with van der Waals surface area (Å²) in [7, 11) is 0. The van der Waals surface area contributed by atoms with Crippen molar-refractivity contribution in [2.75, 3.05) is 0 Å². The van der Waals surface area contributed by atoms with E-state index in [0.717, 1.165) is 6.92 Å². The van der Waals surface area contributed by atoms with Gasteiger partial charge in [-0.25, -0.2) is 8.78 Å². The topological polar surface area (TPSA) is 37.3 Å². The minimum absolute atomic E-state index is 0.305. The summed E-state index contributed by atoms with van der Waals surface area (Å²) in [5.74, 6) is -1.85. The van der Waals surface area contributed by atoms with E-state index < -0.39 is 40.8 Å². The lowest BCUT2D eigenvalue weighted by molar-refractivity contribution is -0.139. The van der Waals surface area contributed by atoms with Gasteiger partial charge in [0.15, 0.2) is 5.78 Å². The molecule has 0 heterocycles. The van der Waals surface area contributed by atoms with E-state index in [0.29, 0.717) is 12.1 Å². The van der Waals surface area contributed by atoms with Gasteiger partial charge in [0, 0.05) is 11.1 Å². The Labute approximate surface area is 92.7 Å². The summed E-state index contributed by atoms with van der Waals surface area (Å²) in [6, 6.07) is 0.830. The van der Waals surface area contributed by atoms with E-state index in [1.54, 1.807) is 0 Å². The minimum atomic E-state index is -5.08. The SMILES string of the molecule is CC(=O)c1cc(O)cc(C(F)F)c1C(F)(F)F. The fraction of sp³-hybridized carbons (Fsp3) is 0.300. The molecule has 0 amide bonds. The Morgan fingerprint density at radius 1 is 1.29 bits per heavy atom. The molecule has 0 bridgehead atoms. The quantitative estimate of drug-likeness (QED) is 0.647. The van der Waals surface area contributed by atoms with Crippen LogP contribution in [0.4, 0.5) is 22.0 Å². The zero-order valence-electron chi connectivity index (χ0n) is 8.48. The number of Topliss-reactive ketones (excluding diaryl/α,β-unsaturated/α-hetero) is 1. The van der Waals surface area contributed by atoms with Gasteiger partial charge in [-0.05, 0) is 19.1 Å². The van der Waals surface area contributed by atoms with Gasteiger partial charge >= 0.3 is 6.18 Å². The van der Waals surface area contributed by atoms with Crippen LogP contribution in [0.15, 0.2) is 12.1 Å². The number of hydrogen-bond acceptors (Lipinski definition) is 2. The molecule has 0 unspecified atom stereocenters. The third-order valence-electron chi connectivity index (χ3n) is 2.05. The fourth-order valence-electron chi connectivity index (χ4n) is 1.41. The van der Waals surface area contributed by atoms with Gasteiger partial charge in [0.05, 0.1) is 5.56 Å². The predicted octanol–water partition coefficient (Wildman–Crippen LogP) is 3.55. The van der Waals surface area contributed by atoms with Gasteiger partial charge in [-0.3, -0.25) is 4.79 Å². The van der Waals surface area contributed by atoms with Crippen molar-refractivity contribution in [2.45, 2.75) is 19.5 Å². The van der Waals surface area contributed by atoms with Crippen LogP contribution in [0, 0.1) is 0 Å². The number of rotatable bonds is 2. The molecule has 0 saturated carbocycles. The second-order valence-electron chi connectivity index (χ2n) is 3.31. The van der Waals surface area contributed by atoms with E-state index >= 15 is 0 Å². The van der Waals surface area contributed by atoms with Crippen LogP contribution in [0.1, 0.15) is 34.8 Å². The number of phenolic OH excluding ortho intramolecular Hbond substituents is 1. The molecule has 0 fully saturated rings. The molecular formula is C10H7F5O2. The second-order valence-corrected chi connectivity index (χ2v) is 3.31. The average Bonchev–Trinajstić information content (AvgIpc) is 2.14. The minimum Gasteiger partial charge on any atom is -0.508 e. The van der Waals surface area contributed by atoms with Crippen LogP contribution < -0.4 is 0 Å². The van der Waals surface area contributed by atoms with E-state index in [9.17, 15) is 26.7 Å². The normalized spacial score (nSPS) is 11.9. The maximum atomic E-state index is 12.6. The van der Waals surface area contributed by atoms with Crippen molar-refractivity contribution in [3.8, 4) is 5.75 Å². The number of carbonyl (C=O) groups excluding carboxylic acids is 1. The first kappa shape index (κ1) is 13.4. The van der Waals surface area contributed by atoms with E-state index in [1.807, 2.05) is 0 Å². The van der Waals surface area contributed by atoms with Crippen LogP contribution in [-0.2, 0) is 6.18 Å². The molecule has 1 rings (SSSR count). The summed E-state index contributed by atoms with van der Waals surface area (Å²) >= 11 is 0. The molecule has 0 aliphatic heterocycles. The Balaban J connectivity index is 3.66. The van der Waals surface area contributed by atoms with Crippen molar-refractivity contribution in [3.63, 3.8) is 0 Å². The van der Waals surface area contributed by atoms with Gasteiger partial charge in [-0.15, -0.1) is 0 Å². The average molecular weight is 254 g/mol. The molecule has 1 aromatic rings. The Kier molecular flexibility index (Phi) is 3.40. The van der Waals surface area contributed by atoms with Crippen LogP contribution in [0.25, 0.3) is 0 Å². The van der Waals surface area contributed by atoms with Crippen molar-refractivity contribution >= 4 is 5.78 Å². The number of alkyl halides is 5. The lowest BCUT2D eigenvalue weighted by Gasteiger charge is -2.16. The zero-order chi connectivity index (χ0) is 13.4. The van der Waals surface area contributed by atoms with E-state index in [2.05, 4.69) is 0 Å². The van der Waals surface area contributed by atoms with Crippen molar-refractivity contribution in [3.05, 3.63) is 28.8 Å². The molecule has 1 N–H and O–H groups in total. The van der Waals surface area contributed by atoms with Crippen molar-refractivity contribution < 1.29 is 31.9 Å². The Morgan fingerprint density at radius 2 is 1.82 bits per heavy atom. The van der Waals surface area contributed by atoms with Crippen molar-refractivity contribution in [1.29, 1.82) is 0 Å². The molecule has 0 saturated heterocycles. The molecule has 0 aliphatic carbocycles. The standard InChI is InChI=1S/C10H7F5O2/c1-4(16)6-2-5(17)3-7(9(11)12)8(6)10(13,14)15/h2-3,9,17H,1H3. The van der Waals surface area contributed by atoms with Crippen LogP contribution in [0.3, 0.4) is 0 Å². The largest absolute Gasteiger partial charge is 0.508 e. The highest BCUT2D eigenvalue weighted by atomic mass is 19.4. The number of hydrogen-bond donors (Lipinski definition) is 1. The summed E-state index contributed by atoms with van der Waals surface area (Å²) in [4.78, 5) is 11.0. The first-order valence-corrected chi connectivity index (χ1v) is 4.37. The molecule has 94 valence electrons. The van der Waals surface area contributed by atoms with Gasteiger partial charge in [0.25, 0.3) is 6.43 Å². The maximum Gasteiger partial charge on any atom is 0.417 e. The summed E-state index contributed by atoms with van der Waals surface area (Å²) in [6.07, 6.45) is -8.52. The van der Waals surface area contributed by atoms with E-state index in [-0.39, 0.29) is 0 Å². The number of benzene rings is 1. The Morgan fingerprint density at radius 3 is 2.18 bits per heavy atom. The Bertz CT molecular complexity index is 451. The number of halogens is 5. The van der Waals surface area contributed by atoms with Crippen LogP contribution in [-0.4, -0.2) is 10.9 Å². The summed E-state index contributed by atoms with van der Waals surface area (Å²) in [5, 5.41) is 9.03. The highest BCUT2D eigenvalue weighted by Crippen LogP contribution is 2.40. The molecule has 1 aromatic carbocycles. The second kappa shape index (κ2) is 4.31. The molecular weight excluding hydrogens is 247 g/mol. The number of aromatic hydroxyl groups is 1. The van der Waals surface area contributed by atoms with Gasteiger partial charge < -0.3 is 5.11 Å². The molecule has 0 aromatic heterocycles. The van der Waals surface area contributed by atoms with Crippen LogP contribution in [0.2, 0.25) is 0 Å². The highest BCUT2D eigenvalue weighted by molar-refractivity contribution is 5.96. The number of carbonyl (C=O) groups is 1. The van der Waals surface area contributed by atoms with E-state index in [1.165, 1.54) is 0 Å². The first-order valence-electron chi connectivity index (χ1n) is 4.37. The van der Waals surface area contributed by atoms with Gasteiger partial charge in [0.2, 0.25) is 0 Å². The lowest BCUT2D eigenvalue weighted by atomic mass is 9.97. The van der Waals surface area contributed by atoms with Crippen LogP contribution >= 0.6 is 0 Å². The van der Waals surface area contributed by atoms with Crippen LogP contribution in [0.5, 0.6) is 5.75 Å². The molecule has 0 spiro atoms. The molecule has 2 nitrogen and oxygen atoms in total. The molecule has 7 heteroatoms. The molecule has 0 aliphatic rings. The lowest BCUT2D eigenvalue weighted by Crippen LogP contribution is -2.15. The monoisotopic (exact) mass is 254 g/mol. The number of ketones is 1. The first-order chi connectivity index (χ1) is 7.64. The van der Waals surface area contributed by atoms with Crippen molar-refractivity contribution in [2.24, 2.45) is 0 Å². The summed E-state index contributed by atoms with van der Waals surface area (Å²) < 4.78 is 62.7. The van der Waals surface area contributed by atoms with Gasteiger partial charge in [-0.2, -0.15) is 13.2 Å². The summed E-state index contributed by atoms with van der Waals surface area (Å²) in [6.45, 7) is 0.805. The maximum absolute atomic E-state index is 12.6. The highest BCUT2D eigenvalue weighted by Gasteiger charge is 2.39. The molecule has 17 heavy (non-hydrogen) atoms. The van der Waals surface area contributed by atoms with Crippen molar-refractivity contribution in [1.82, 2.24) is 0 Å². The predicted molar refractivity (Wildman–Crippen MR) is 48.1 cm³/mol. The third kappa shape index (κ3) is 2.72. The van der Waals surface area contributed by atoms with Gasteiger partial charge in [-0.1, -0.05) is 0 Å². The third-order valence-corrected chi connectivity index (χ3v) is 2.05. The van der Waals surface area contributed by atoms with Gasteiger partial charge in [0.1, 0.15) is 5.75 Å². The smallest absolute Gasteiger partial charge is 0.417 e. The van der Waals surface area contributed by atoms with E-state index in [4.69, 9.17) is 5.11 Å². The number of phenols is 1. The Hall–Kier alpha value is -1.66. The fourth-order valence-corrected chi connectivity index (χ4v) is 1.41. The molecule has 0 atom stereocenters.